The molecule has 1 saturated heterocycles. The van der Waals surface area contributed by atoms with Crippen LogP contribution in [0.25, 0.3) is 11.1 Å². The van der Waals surface area contributed by atoms with Crippen molar-refractivity contribution in [1.29, 1.82) is 0 Å². The Morgan fingerprint density at radius 2 is 1.88 bits per heavy atom. The Labute approximate surface area is 143 Å². The van der Waals surface area contributed by atoms with E-state index in [0.717, 1.165) is 38.1 Å². The van der Waals surface area contributed by atoms with E-state index in [2.05, 4.69) is 20.4 Å². The average Bonchev–Trinajstić information content (AvgIpc) is 3.06. The minimum atomic E-state index is -4.39. The molecule has 0 radical (unpaired) electrons. The number of hydrogen-bond acceptors (Lipinski definition) is 3. The van der Waals surface area contributed by atoms with Crippen molar-refractivity contribution in [2.45, 2.75) is 25.1 Å². The van der Waals surface area contributed by atoms with Crippen molar-refractivity contribution in [3.63, 3.8) is 0 Å². The first-order chi connectivity index (χ1) is 11.8. The molecule has 1 fully saturated rings. The lowest BCUT2D eigenvalue weighted by Crippen LogP contribution is -2.43. The summed E-state index contributed by atoms with van der Waals surface area (Å²) < 4.78 is 38.0. The van der Waals surface area contributed by atoms with Crippen LogP contribution in [0, 0.1) is 0 Å². The predicted molar refractivity (Wildman–Crippen MR) is 87.0 cm³/mol. The van der Waals surface area contributed by atoms with Gasteiger partial charge in [-0.05, 0) is 50.7 Å². The highest BCUT2D eigenvalue weighted by Crippen LogP contribution is 2.31. The minimum Gasteiger partial charge on any atom is -0.348 e. The maximum atomic E-state index is 12.7. The van der Waals surface area contributed by atoms with E-state index in [-0.39, 0.29) is 17.6 Å². The lowest BCUT2D eigenvalue weighted by molar-refractivity contribution is -0.137. The van der Waals surface area contributed by atoms with Gasteiger partial charge < -0.3 is 10.2 Å². The summed E-state index contributed by atoms with van der Waals surface area (Å²) >= 11 is 0. The molecule has 1 aliphatic rings. The summed E-state index contributed by atoms with van der Waals surface area (Å²) in [5.41, 5.74) is 0.533. The highest BCUT2D eigenvalue weighted by molar-refractivity contribution is 5.99. The van der Waals surface area contributed by atoms with Crippen LogP contribution in [0.5, 0.6) is 0 Å². The number of likely N-dealkylation sites (tertiary alicyclic amines) is 1. The van der Waals surface area contributed by atoms with E-state index in [1.54, 1.807) is 0 Å². The molecule has 5 nitrogen and oxygen atoms in total. The van der Waals surface area contributed by atoms with Gasteiger partial charge in [0.05, 0.1) is 11.8 Å². The Kier molecular flexibility index (Phi) is 4.80. The molecule has 0 saturated carbocycles. The van der Waals surface area contributed by atoms with Crippen LogP contribution in [0.4, 0.5) is 13.2 Å². The van der Waals surface area contributed by atoms with E-state index in [1.807, 2.05) is 7.05 Å². The fourth-order valence-corrected chi connectivity index (χ4v) is 2.93. The SMILES string of the molecule is CN1CCC(NC(=O)c2[nH]ncc2-c2ccc(C(F)(F)F)cc2)CC1. The monoisotopic (exact) mass is 352 g/mol. The van der Waals surface area contributed by atoms with Crippen molar-refractivity contribution in [2.24, 2.45) is 0 Å². The van der Waals surface area contributed by atoms with Gasteiger partial charge in [-0.2, -0.15) is 18.3 Å². The molecule has 0 unspecified atom stereocenters. The summed E-state index contributed by atoms with van der Waals surface area (Å²) in [7, 11) is 2.04. The lowest BCUT2D eigenvalue weighted by Gasteiger charge is -2.29. The van der Waals surface area contributed by atoms with Crippen LogP contribution in [0.1, 0.15) is 28.9 Å². The van der Waals surface area contributed by atoms with E-state index in [4.69, 9.17) is 0 Å². The van der Waals surface area contributed by atoms with Crippen molar-refractivity contribution in [3.8, 4) is 11.1 Å². The largest absolute Gasteiger partial charge is 0.416 e. The fraction of sp³-hybridized carbons (Fsp3) is 0.412. The zero-order valence-corrected chi connectivity index (χ0v) is 13.7. The van der Waals surface area contributed by atoms with Gasteiger partial charge in [0.2, 0.25) is 0 Å². The van der Waals surface area contributed by atoms with Gasteiger partial charge in [0, 0.05) is 11.6 Å². The number of nitrogens with zero attached hydrogens (tertiary/aromatic N) is 2. The van der Waals surface area contributed by atoms with E-state index in [9.17, 15) is 18.0 Å². The zero-order valence-electron chi connectivity index (χ0n) is 13.7. The second-order valence-electron chi connectivity index (χ2n) is 6.28. The zero-order chi connectivity index (χ0) is 18.0. The molecule has 0 spiro atoms. The first kappa shape index (κ1) is 17.5. The Hall–Kier alpha value is -2.35. The molecule has 3 rings (SSSR count). The quantitative estimate of drug-likeness (QED) is 0.893. The Morgan fingerprint density at radius 1 is 1.24 bits per heavy atom. The molecule has 25 heavy (non-hydrogen) atoms. The number of hydrogen-bond donors (Lipinski definition) is 2. The first-order valence-electron chi connectivity index (χ1n) is 8.05. The molecule has 134 valence electrons. The lowest BCUT2D eigenvalue weighted by atomic mass is 10.0. The molecule has 1 aliphatic heterocycles. The number of amides is 1. The van der Waals surface area contributed by atoms with Crippen LogP contribution >= 0.6 is 0 Å². The van der Waals surface area contributed by atoms with Gasteiger partial charge in [0.1, 0.15) is 5.69 Å². The van der Waals surface area contributed by atoms with Crippen LogP contribution in [0.2, 0.25) is 0 Å². The standard InChI is InChI=1S/C17H19F3N4O/c1-24-8-6-13(7-9-24)22-16(25)15-14(10-21-23-15)11-2-4-12(5-3-11)17(18,19)20/h2-5,10,13H,6-9H2,1H3,(H,21,23)(H,22,25). The number of piperidine rings is 1. The normalized spacial score (nSPS) is 16.8. The smallest absolute Gasteiger partial charge is 0.348 e. The maximum absolute atomic E-state index is 12.7. The van der Waals surface area contributed by atoms with Crippen molar-refractivity contribution in [1.82, 2.24) is 20.4 Å². The topological polar surface area (TPSA) is 61.0 Å². The molecule has 2 N–H and O–H groups in total. The number of carbonyl (C=O) groups is 1. The molecule has 2 heterocycles. The van der Waals surface area contributed by atoms with E-state index >= 15 is 0 Å². The molecular weight excluding hydrogens is 333 g/mol. The van der Waals surface area contributed by atoms with Crippen LogP contribution in [0.3, 0.4) is 0 Å². The first-order valence-corrected chi connectivity index (χ1v) is 8.05. The summed E-state index contributed by atoms with van der Waals surface area (Å²) in [5, 5.41) is 9.50. The van der Waals surface area contributed by atoms with Gasteiger partial charge in [0.25, 0.3) is 5.91 Å². The van der Waals surface area contributed by atoms with Crippen molar-refractivity contribution < 1.29 is 18.0 Å². The predicted octanol–water partition coefficient (Wildman–Crippen LogP) is 2.92. The average molecular weight is 352 g/mol. The highest BCUT2D eigenvalue weighted by Gasteiger charge is 2.30. The van der Waals surface area contributed by atoms with Crippen molar-refractivity contribution in [3.05, 3.63) is 41.7 Å². The molecule has 1 aromatic heterocycles. The van der Waals surface area contributed by atoms with E-state index in [0.29, 0.717) is 11.1 Å². The summed E-state index contributed by atoms with van der Waals surface area (Å²) in [6, 6.07) is 4.79. The van der Waals surface area contributed by atoms with Gasteiger partial charge >= 0.3 is 6.18 Å². The summed E-state index contributed by atoms with van der Waals surface area (Å²) in [6.07, 6.45) is -1.20. The Bertz CT molecular complexity index is 731. The van der Waals surface area contributed by atoms with Crippen LogP contribution in [-0.2, 0) is 6.18 Å². The van der Waals surface area contributed by atoms with Gasteiger partial charge in [0.15, 0.2) is 0 Å². The number of H-pyrrole nitrogens is 1. The summed E-state index contributed by atoms with van der Waals surface area (Å²) in [5.74, 6) is -0.290. The fourth-order valence-electron chi connectivity index (χ4n) is 2.93. The second kappa shape index (κ2) is 6.87. The number of halogens is 3. The Morgan fingerprint density at radius 3 is 2.48 bits per heavy atom. The van der Waals surface area contributed by atoms with Gasteiger partial charge in [-0.3, -0.25) is 9.89 Å². The van der Waals surface area contributed by atoms with Crippen molar-refractivity contribution in [2.75, 3.05) is 20.1 Å². The third-order valence-electron chi connectivity index (χ3n) is 4.44. The second-order valence-corrected chi connectivity index (χ2v) is 6.28. The van der Waals surface area contributed by atoms with Crippen LogP contribution in [-0.4, -0.2) is 47.2 Å². The molecule has 1 amide bonds. The Balaban J connectivity index is 1.75. The summed E-state index contributed by atoms with van der Waals surface area (Å²) in [6.45, 7) is 1.83. The van der Waals surface area contributed by atoms with Crippen molar-refractivity contribution >= 4 is 5.91 Å². The van der Waals surface area contributed by atoms with E-state index in [1.165, 1.54) is 18.3 Å². The molecular formula is C17H19F3N4O. The number of aromatic nitrogens is 2. The molecule has 2 aromatic rings. The number of rotatable bonds is 3. The third-order valence-corrected chi connectivity index (χ3v) is 4.44. The molecule has 1 aromatic carbocycles. The van der Waals surface area contributed by atoms with Gasteiger partial charge in [-0.1, -0.05) is 12.1 Å². The third kappa shape index (κ3) is 4.01. The molecule has 0 bridgehead atoms. The maximum Gasteiger partial charge on any atom is 0.416 e. The minimum absolute atomic E-state index is 0.0902. The summed E-state index contributed by atoms with van der Waals surface area (Å²) in [4.78, 5) is 14.7. The van der Waals surface area contributed by atoms with Crippen LogP contribution < -0.4 is 5.32 Å². The number of benzene rings is 1. The molecule has 8 heteroatoms. The van der Waals surface area contributed by atoms with E-state index < -0.39 is 11.7 Å². The van der Waals surface area contributed by atoms with Gasteiger partial charge in [-0.25, -0.2) is 0 Å². The molecule has 0 atom stereocenters. The van der Waals surface area contributed by atoms with Gasteiger partial charge in [-0.15, -0.1) is 0 Å². The number of carbonyl (C=O) groups excluding carboxylic acids is 1. The highest BCUT2D eigenvalue weighted by atomic mass is 19.4. The number of alkyl halides is 3. The number of aromatic amines is 1. The molecule has 0 aliphatic carbocycles. The number of nitrogens with one attached hydrogen (secondary N) is 2. The van der Waals surface area contributed by atoms with Crippen LogP contribution in [0.15, 0.2) is 30.5 Å².